The lowest BCUT2D eigenvalue weighted by atomic mass is 9.98. The molecule has 0 amide bonds. The average molecular weight is 181 g/mol. The van der Waals surface area contributed by atoms with E-state index in [1.807, 2.05) is 11.7 Å². The van der Waals surface area contributed by atoms with E-state index in [1.54, 1.807) is 11.3 Å². The van der Waals surface area contributed by atoms with Gasteiger partial charge in [0.25, 0.3) is 0 Å². The molecule has 2 heteroatoms. The second-order valence-corrected chi connectivity index (χ2v) is 4.08. The summed E-state index contributed by atoms with van der Waals surface area (Å²) in [6.07, 6.45) is 5.27. The first-order chi connectivity index (χ1) is 5.74. The molecule has 1 heterocycles. The first-order valence-electron chi connectivity index (χ1n) is 4.24. The minimum Gasteiger partial charge on any atom is -0.253 e. The van der Waals surface area contributed by atoms with Crippen molar-refractivity contribution in [2.24, 2.45) is 5.92 Å². The van der Waals surface area contributed by atoms with Crippen molar-refractivity contribution >= 4 is 11.3 Å². The molecule has 1 aromatic heterocycles. The van der Waals surface area contributed by atoms with Gasteiger partial charge in [-0.1, -0.05) is 18.6 Å². The molecule has 0 aliphatic rings. The van der Waals surface area contributed by atoms with Crippen molar-refractivity contribution in [2.45, 2.75) is 27.2 Å². The highest BCUT2D eigenvalue weighted by Crippen LogP contribution is 2.18. The summed E-state index contributed by atoms with van der Waals surface area (Å²) in [6.45, 7) is 6.54. The maximum Gasteiger partial charge on any atom is 0.0794 e. The molecule has 0 spiro atoms. The number of rotatable bonds is 3. The molecule has 12 heavy (non-hydrogen) atoms. The van der Waals surface area contributed by atoms with Gasteiger partial charge in [0, 0.05) is 11.1 Å². The van der Waals surface area contributed by atoms with Crippen molar-refractivity contribution in [3.05, 3.63) is 28.2 Å². The molecule has 0 saturated heterocycles. The van der Waals surface area contributed by atoms with E-state index in [1.165, 1.54) is 10.5 Å². The second-order valence-electron chi connectivity index (χ2n) is 3.11. The van der Waals surface area contributed by atoms with Crippen LogP contribution in [0.2, 0.25) is 0 Å². The Kier molecular flexibility index (Phi) is 3.48. The minimum absolute atomic E-state index is 0.649. The number of hydrogen-bond acceptors (Lipinski definition) is 2. The summed E-state index contributed by atoms with van der Waals surface area (Å²) in [5.41, 5.74) is 3.36. The summed E-state index contributed by atoms with van der Waals surface area (Å²) in [6, 6.07) is 0. The van der Waals surface area contributed by atoms with Gasteiger partial charge in [-0.3, -0.25) is 4.98 Å². The Morgan fingerprint density at radius 3 is 3.00 bits per heavy atom. The molecule has 0 N–H and O–H groups in total. The van der Waals surface area contributed by atoms with Crippen molar-refractivity contribution in [3.8, 4) is 0 Å². The van der Waals surface area contributed by atoms with Crippen LogP contribution in [0.3, 0.4) is 0 Å². The number of thiazole rings is 1. The van der Waals surface area contributed by atoms with Crippen LogP contribution in [-0.2, 0) is 6.42 Å². The molecule has 1 rings (SSSR count). The standard InChI is InChI=1S/C10H15NS/c1-4-8(2)9(3)5-10-6-11-7-12-10/h4,6-7,9H,5H2,1-3H3/b8-4+. The molecule has 0 saturated carbocycles. The molecule has 0 aliphatic heterocycles. The third kappa shape index (κ3) is 2.45. The third-order valence-corrected chi connectivity index (χ3v) is 3.03. The molecule has 66 valence electrons. The molecule has 0 aromatic carbocycles. The highest BCUT2D eigenvalue weighted by molar-refractivity contribution is 7.09. The van der Waals surface area contributed by atoms with Crippen molar-refractivity contribution in [1.82, 2.24) is 4.98 Å². The van der Waals surface area contributed by atoms with Gasteiger partial charge in [-0.2, -0.15) is 0 Å². The van der Waals surface area contributed by atoms with Crippen LogP contribution in [0.15, 0.2) is 23.4 Å². The van der Waals surface area contributed by atoms with E-state index in [0.717, 1.165) is 6.42 Å². The zero-order valence-electron chi connectivity index (χ0n) is 7.87. The summed E-state index contributed by atoms with van der Waals surface area (Å²) in [5, 5.41) is 0. The maximum atomic E-state index is 4.06. The molecule has 0 aliphatic carbocycles. The van der Waals surface area contributed by atoms with Gasteiger partial charge < -0.3 is 0 Å². The van der Waals surface area contributed by atoms with Gasteiger partial charge in [-0.15, -0.1) is 11.3 Å². The molecule has 0 fully saturated rings. The van der Waals surface area contributed by atoms with Crippen LogP contribution in [0.25, 0.3) is 0 Å². The maximum absolute atomic E-state index is 4.06. The van der Waals surface area contributed by atoms with E-state index in [0.29, 0.717) is 5.92 Å². The molecule has 1 aromatic rings. The van der Waals surface area contributed by atoms with Gasteiger partial charge in [0.2, 0.25) is 0 Å². The first-order valence-corrected chi connectivity index (χ1v) is 5.12. The van der Waals surface area contributed by atoms with Gasteiger partial charge >= 0.3 is 0 Å². The Balaban J connectivity index is 2.53. The van der Waals surface area contributed by atoms with Crippen LogP contribution >= 0.6 is 11.3 Å². The number of hydrogen-bond donors (Lipinski definition) is 0. The second kappa shape index (κ2) is 4.41. The molecular weight excluding hydrogens is 166 g/mol. The number of allylic oxidation sites excluding steroid dienone is 2. The smallest absolute Gasteiger partial charge is 0.0794 e. The van der Waals surface area contributed by atoms with Crippen molar-refractivity contribution in [3.63, 3.8) is 0 Å². The molecular formula is C10H15NS. The Bertz CT molecular complexity index is 249. The average Bonchev–Trinajstić information content (AvgIpc) is 2.55. The predicted molar refractivity (Wildman–Crippen MR) is 54.4 cm³/mol. The Labute approximate surface area is 78.2 Å². The van der Waals surface area contributed by atoms with Crippen LogP contribution in [0.4, 0.5) is 0 Å². The quantitative estimate of drug-likeness (QED) is 0.652. The number of aromatic nitrogens is 1. The Hall–Kier alpha value is -0.630. The van der Waals surface area contributed by atoms with E-state index in [-0.39, 0.29) is 0 Å². The van der Waals surface area contributed by atoms with E-state index < -0.39 is 0 Å². The predicted octanol–water partition coefficient (Wildman–Crippen LogP) is 3.29. The summed E-state index contributed by atoms with van der Waals surface area (Å²) >= 11 is 1.74. The SMILES string of the molecule is C/C=C(\C)C(C)Cc1cncs1. The first kappa shape index (κ1) is 9.46. The fourth-order valence-electron chi connectivity index (χ4n) is 1.09. The molecule has 1 atom stereocenters. The fraction of sp³-hybridized carbons (Fsp3) is 0.500. The lowest BCUT2D eigenvalue weighted by Gasteiger charge is -2.09. The van der Waals surface area contributed by atoms with Gasteiger partial charge in [-0.25, -0.2) is 0 Å². The molecule has 1 unspecified atom stereocenters. The van der Waals surface area contributed by atoms with Gasteiger partial charge in [0.15, 0.2) is 0 Å². The Morgan fingerprint density at radius 1 is 1.75 bits per heavy atom. The normalized spacial score (nSPS) is 14.8. The Morgan fingerprint density at radius 2 is 2.50 bits per heavy atom. The van der Waals surface area contributed by atoms with Crippen LogP contribution < -0.4 is 0 Å². The van der Waals surface area contributed by atoms with E-state index in [9.17, 15) is 0 Å². The summed E-state index contributed by atoms with van der Waals surface area (Å²) in [5.74, 6) is 0.649. The fourth-order valence-corrected chi connectivity index (χ4v) is 1.82. The molecule has 1 nitrogen and oxygen atoms in total. The zero-order valence-corrected chi connectivity index (χ0v) is 8.69. The van der Waals surface area contributed by atoms with Crippen LogP contribution in [-0.4, -0.2) is 4.98 Å². The van der Waals surface area contributed by atoms with Crippen molar-refractivity contribution in [1.29, 1.82) is 0 Å². The van der Waals surface area contributed by atoms with Crippen LogP contribution in [0.5, 0.6) is 0 Å². The highest BCUT2D eigenvalue weighted by Gasteiger charge is 2.05. The largest absolute Gasteiger partial charge is 0.253 e. The summed E-state index contributed by atoms with van der Waals surface area (Å²) < 4.78 is 0. The van der Waals surface area contributed by atoms with Crippen LogP contribution in [0, 0.1) is 5.92 Å². The van der Waals surface area contributed by atoms with Gasteiger partial charge in [0.05, 0.1) is 5.51 Å². The summed E-state index contributed by atoms with van der Waals surface area (Å²) in [4.78, 5) is 5.44. The monoisotopic (exact) mass is 181 g/mol. The van der Waals surface area contributed by atoms with Gasteiger partial charge in [0.1, 0.15) is 0 Å². The van der Waals surface area contributed by atoms with E-state index in [4.69, 9.17) is 0 Å². The van der Waals surface area contributed by atoms with E-state index >= 15 is 0 Å². The third-order valence-electron chi connectivity index (χ3n) is 2.22. The highest BCUT2D eigenvalue weighted by atomic mass is 32.1. The lowest BCUT2D eigenvalue weighted by molar-refractivity contribution is 0.682. The molecule has 0 bridgehead atoms. The topological polar surface area (TPSA) is 12.9 Å². The minimum atomic E-state index is 0.649. The summed E-state index contributed by atoms with van der Waals surface area (Å²) in [7, 11) is 0. The number of nitrogens with zero attached hydrogens (tertiary/aromatic N) is 1. The molecule has 0 radical (unpaired) electrons. The zero-order chi connectivity index (χ0) is 8.97. The van der Waals surface area contributed by atoms with Crippen LogP contribution in [0.1, 0.15) is 25.6 Å². The van der Waals surface area contributed by atoms with E-state index in [2.05, 4.69) is 31.8 Å². The van der Waals surface area contributed by atoms with Crippen molar-refractivity contribution < 1.29 is 0 Å². The van der Waals surface area contributed by atoms with Gasteiger partial charge in [-0.05, 0) is 26.2 Å². The van der Waals surface area contributed by atoms with Crippen molar-refractivity contribution in [2.75, 3.05) is 0 Å². The lowest BCUT2D eigenvalue weighted by Crippen LogP contribution is -1.99.